The Bertz CT molecular complexity index is 418. The Kier molecular flexibility index (Phi) is 2.62. The lowest BCUT2D eigenvalue weighted by Gasteiger charge is -2.34. The molecule has 0 aromatic heterocycles. The number of carbonyl (C=O) groups is 2. The van der Waals surface area contributed by atoms with Gasteiger partial charge in [-0.3, -0.25) is 14.5 Å². The minimum absolute atomic E-state index is 0.336. The largest absolute Gasteiger partial charge is 0.355 e. The van der Waals surface area contributed by atoms with E-state index in [4.69, 9.17) is 4.84 Å². The Balaban J connectivity index is 2.30. The van der Waals surface area contributed by atoms with Crippen LogP contribution in [0, 0.1) is 0 Å². The molecule has 1 heterocycles. The second-order valence-electron chi connectivity index (χ2n) is 3.56. The van der Waals surface area contributed by atoms with Crippen molar-refractivity contribution in [1.29, 1.82) is 0 Å². The van der Waals surface area contributed by atoms with Gasteiger partial charge in [0.15, 0.2) is 6.10 Å². The molecule has 0 bridgehead atoms. The van der Waals surface area contributed by atoms with E-state index in [0.717, 1.165) is 9.96 Å². The number of carbonyl (C=O) groups excluding carboxylic acids is 2. The SMILES string of the molecule is CC1ON(c2ccccc2)C(=O)N(C)C1=O. The van der Waals surface area contributed by atoms with Crippen molar-refractivity contribution in [2.75, 3.05) is 12.1 Å². The van der Waals surface area contributed by atoms with Gasteiger partial charge in [0.2, 0.25) is 0 Å². The van der Waals surface area contributed by atoms with Crippen LogP contribution in [-0.4, -0.2) is 30.0 Å². The van der Waals surface area contributed by atoms with Crippen LogP contribution in [-0.2, 0) is 9.63 Å². The molecule has 84 valence electrons. The minimum Gasteiger partial charge on any atom is -0.271 e. The highest BCUT2D eigenvalue weighted by atomic mass is 16.7. The molecule has 5 heteroatoms. The lowest BCUT2D eigenvalue weighted by atomic mass is 10.3. The normalized spacial score (nSPS) is 21.5. The number of hydrogen-bond acceptors (Lipinski definition) is 3. The molecule has 0 spiro atoms. The summed E-state index contributed by atoms with van der Waals surface area (Å²) in [5.74, 6) is -0.336. The molecule has 0 aliphatic carbocycles. The van der Waals surface area contributed by atoms with Crippen molar-refractivity contribution >= 4 is 17.6 Å². The Morgan fingerprint density at radius 1 is 1.19 bits per heavy atom. The number of nitrogens with zero attached hydrogens (tertiary/aromatic N) is 2. The summed E-state index contributed by atoms with van der Waals surface area (Å²) < 4.78 is 0. The van der Waals surface area contributed by atoms with Crippen LogP contribution < -0.4 is 5.06 Å². The zero-order chi connectivity index (χ0) is 11.7. The maximum Gasteiger partial charge on any atom is 0.355 e. The fraction of sp³-hybridized carbons (Fsp3) is 0.273. The lowest BCUT2D eigenvalue weighted by molar-refractivity contribution is -0.143. The molecule has 3 amide bonds. The molecule has 0 radical (unpaired) electrons. The second kappa shape index (κ2) is 3.94. The van der Waals surface area contributed by atoms with Crippen LogP contribution in [0.1, 0.15) is 6.92 Å². The molecular formula is C11H12N2O3. The Labute approximate surface area is 93.2 Å². The van der Waals surface area contributed by atoms with Gasteiger partial charge >= 0.3 is 6.03 Å². The van der Waals surface area contributed by atoms with E-state index in [1.165, 1.54) is 7.05 Å². The molecule has 0 N–H and O–H groups in total. The first-order valence-electron chi connectivity index (χ1n) is 4.94. The molecule has 1 aliphatic heterocycles. The van der Waals surface area contributed by atoms with Crippen molar-refractivity contribution in [3.63, 3.8) is 0 Å². The quantitative estimate of drug-likeness (QED) is 0.718. The number of urea groups is 1. The molecule has 1 aliphatic rings. The second-order valence-corrected chi connectivity index (χ2v) is 3.56. The van der Waals surface area contributed by atoms with Crippen molar-refractivity contribution in [3.05, 3.63) is 30.3 Å². The summed E-state index contributed by atoms with van der Waals surface area (Å²) in [5, 5.41) is 1.13. The minimum atomic E-state index is -0.650. The van der Waals surface area contributed by atoms with Gasteiger partial charge in [0.1, 0.15) is 0 Å². The molecular weight excluding hydrogens is 208 g/mol. The Morgan fingerprint density at radius 2 is 1.81 bits per heavy atom. The summed E-state index contributed by atoms with van der Waals surface area (Å²) in [6.07, 6.45) is -0.650. The summed E-state index contributed by atoms with van der Waals surface area (Å²) in [7, 11) is 1.44. The molecule has 1 unspecified atom stereocenters. The average molecular weight is 220 g/mol. The van der Waals surface area contributed by atoms with Gasteiger partial charge in [-0.15, -0.1) is 0 Å². The fourth-order valence-electron chi connectivity index (χ4n) is 1.49. The molecule has 1 fully saturated rings. The van der Waals surface area contributed by atoms with Crippen LogP contribution >= 0.6 is 0 Å². The highest BCUT2D eigenvalue weighted by Crippen LogP contribution is 2.21. The maximum absolute atomic E-state index is 11.8. The number of likely N-dealkylation sites (N-methyl/N-ethyl adjacent to an activating group) is 1. The van der Waals surface area contributed by atoms with Gasteiger partial charge in [-0.25, -0.2) is 4.79 Å². The Hall–Kier alpha value is -1.88. The van der Waals surface area contributed by atoms with E-state index in [0.29, 0.717) is 5.69 Å². The van der Waals surface area contributed by atoms with E-state index < -0.39 is 12.1 Å². The first kappa shape index (κ1) is 10.6. The number of amides is 3. The third-order valence-corrected chi connectivity index (χ3v) is 2.39. The van der Waals surface area contributed by atoms with Crippen molar-refractivity contribution in [2.24, 2.45) is 0 Å². The van der Waals surface area contributed by atoms with E-state index in [1.54, 1.807) is 31.2 Å². The smallest absolute Gasteiger partial charge is 0.271 e. The van der Waals surface area contributed by atoms with E-state index in [1.807, 2.05) is 6.07 Å². The van der Waals surface area contributed by atoms with Crippen molar-refractivity contribution in [2.45, 2.75) is 13.0 Å². The van der Waals surface area contributed by atoms with Gasteiger partial charge in [0, 0.05) is 7.05 Å². The predicted molar refractivity (Wildman–Crippen MR) is 57.6 cm³/mol. The molecule has 1 saturated heterocycles. The molecule has 5 nitrogen and oxygen atoms in total. The number of hydroxylamine groups is 1. The monoisotopic (exact) mass is 220 g/mol. The number of imide groups is 1. The van der Waals surface area contributed by atoms with E-state index in [-0.39, 0.29) is 5.91 Å². The van der Waals surface area contributed by atoms with Crippen molar-refractivity contribution < 1.29 is 14.4 Å². The molecule has 1 atom stereocenters. The molecule has 2 rings (SSSR count). The number of para-hydroxylation sites is 1. The standard InChI is InChI=1S/C11H12N2O3/c1-8-10(14)12(2)11(15)13(16-8)9-6-4-3-5-7-9/h3-8H,1-2H3. The zero-order valence-electron chi connectivity index (χ0n) is 9.08. The topological polar surface area (TPSA) is 49.9 Å². The third-order valence-electron chi connectivity index (χ3n) is 2.39. The van der Waals surface area contributed by atoms with Crippen LogP contribution in [0.3, 0.4) is 0 Å². The van der Waals surface area contributed by atoms with Crippen LogP contribution in [0.25, 0.3) is 0 Å². The summed E-state index contributed by atoms with van der Waals surface area (Å²) in [4.78, 5) is 29.6. The van der Waals surface area contributed by atoms with Crippen LogP contribution in [0.2, 0.25) is 0 Å². The summed E-state index contributed by atoms with van der Waals surface area (Å²) in [6.45, 7) is 1.61. The molecule has 1 aromatic carbocycles. The number of benzene rings is 1. The maximum atomic E-state index is 11.8. The van der Waals surface area contributed by atoms with Gasteiger partial charge < -0.3 is 0 Å². The van der Waals surface area contributed by atoms with Crippen LogP contribution in [0.4, 0.5) is 10.5 Å². The molecule has 0 saturated carbocycles. The first-order valence-corrected chi connectivity index (χ1v) is 4.94. The highest BCUT2D eigenvalue weighted by Gasteiger charge is 2.36. The Morgan fingerprint density at radius 3 is 2.44 bits per heavy atom. The van der Waals surface area contributed by atoms with Crippen LogP contribution in [0.5, 0.6) is 0 Å². The lowest BCUT2D eigenvalue weighted by Crippen LogP contribution is -2.55. The average Bonchev–Trinajstić information content (AvgIpc) is 2.32. The summed E-state index contributed by atoms with van der Waals surface area (Å²) >= 11 is 0. The van der Waals surface area contributed by atoms with Gasteiger partial charge in [-0.2, -0.15) is 5.06 Å². The first-order chi connectivity index (χ1) is 7.61. The number of anilines is 1. The third kappa shape index (κ3) is 1.65. The number of hydrogen-bond donors (Lipinski definition) is 0. The highest BCUT2D eigenvalue weighted by molar-refractivity contribution is 6.04. The summed E-state index contributed by atoms with van der Waals surface area (Å²) in [5.41, 5.74) is 0.610. The molecule has 1 aromatic rings. The zero-order valence-corrected chi connectivity index (χ0v) is 9.08. The van der Waals surface area contributed by atoms with E-state index in [2.05, 4.69) is 0 Å². The fourth-order valence-corrected chi connectivity index (χ4v) is 1.49. The van der Waals surface area contributed by atoms with Crippen LogP contribution in [0.15, 0.2) is 30.3 Å². The molecule has 16 heavy (non-hydrogen) atoms. The van der Waals surface area contributed by atoms with Gasteiger partial charge in [0.25, 0.3) is 5.91 Å². The van der Waals surface area contributed by atoms with Crippen molar-refractivity contribution in [1.82, 2.24) is 4.90 Å². The predicted octanol–water partition coefficient (Wildman–Crippen LogP) is 1.41. The van der Waals surface area contributed by atoms with Gasteiger partial charge in [-0.1, -0.05) is 18.2 Å². The van der Waals surface area contributed by atoms with Gasteiger partial charge in [-0.05, 0) is 19.1 Å². The van der Waals surface area contributed by atoms with Crippen molar-refractivity contribution in [3.8, 4) is 0 Å². The van der Waals surface area contributed by atoms with E-state index in [9.17, 15) is 9.59 Å². The number of rotatable bonds is 1. The summed E-state index contributed by atoms with van der Waals surface area (Å²) in [6, 6.07) is 8.45. The van der Waals surface area contributed by atoms with Gasteiger partial charge in [0.05, 0.1) is 5.69 Å². The van der Waals surface area contributed by atoms with E-state index >= 15 is 0 Å².